The number of hydrogen-bond donors (Lipinski definition) is 1. The van der Waals surface area contributed by atoms with Gasteiger partial charge in [-0.1, -0.05) is 84.0 Å². The topological polar surface area (TPSA) is 62.1 Å². The second-order valence-electron chi connectivity index (χ2n) is 7.21. The summed E-state index contributed by atoms with van der Waals surface area (Å²) in [7, 11) is 0. The van der Waals surface area contributed by atoms with E-state index in [0.717, 1.165) is 24.1 Å². The minimum atomic E-state index is -0.959. The summed E-state index contributed by atoms with van der Waals surface area (Å²) in [6.45, 7) is 0.479. The van der Waals surface area contributed by atoms with Crippen molar-refractivity contribution in [2.24, 2.45) is 5.16 Å². The molecular weight excluding hydrogens is 376 g/mol. The summed E-state index contributed by atoms with van der Waals surface area (Å²) in [5.41, 5.74) is 3.93. The Morgan fingerprint density at radius 2 is 1.63 bits per heavy atom. The molecule has 1 N–H and O–H groups in total. The number of aliphatic hydroxyl groups excluding tert-OH is 1. The van der Waals surface area contributed by atoms with Crippen LogP contribution in [0.15, 0.2) is 90.1 Å². The van der Waals surface area contributed by atoms with Crippen LogP contribution in [0.25, 0.3) is 0 Å². The number of rotatable bonds is 6. The first-order chi connectivity index (χ1) is 14.7. The second kappa shape index (κ2) is 9.37. The van der Waals surface area contributed by atoms with E-state index in [1.54, 1.807) is 4.90 Å². The number of anilines is 1. The van der Waals surface area contributed by atoms with Gasteiger partial charge < -0.3 is 14.8 Å². The predicted octanol–water partition coefficient (Wildman–Crippen LogP) is 4.12. The lowest BCUT2D eigenvalue weighted by Gasteiger charge is -2.29. The standard InChI is InChI=1S/C25H24N2O3/c28-23(27-17-9-15-19-10-7-8-16-22(19)27)18-30-26-24(20-11-3-1-4-12-20)25(29)21-13-5-2-6-14-21/h1-8,10-14,16,25,29H,9,15,17-18H2. The molecule has 1 atom stereocenters. The van der Waals surface area contributed by atoms with Crippen LogP contribution in [0.1, 0.15) is 29.2 Å². The zero-order valence-corrected chi connectivity index (χ0v) is 16.6. The fourth-order valence-corrected chi connectivity index (χ4v) is 3.69. The Hall–Kier alpha value is -3.44. The molecule has 0 bridgehead atoms. The highest BCUT2D eigenvalue weighted by molar-refractivity contribution is 6.04. The number of aryl methyl sites for hydroxylation is 1. The van der Waals surface area contributed by atoms with Crippen LogP contribution >= 0.6 is 0 Å². The largest absolute Gasteiger partial charge is 0.385 e. The van der Waals surface area contributed by atoms with Gasteiger partial charge in [-0.25, -0.2) is 0 Å². The van der Waals surface area contributed by atoms with Crippen LogP contribution in [-0.2, 0) is 16.1 Å². The number of amides is 1. The van der Waals surface area contributed by atoms with E-state index in [-0.39, 0.29) is 12.5 Å². The van der Waals surface area contributed by atoms with Gasteiger partial charge in [0.2, 0.25) is 0 Å². The van der Waals surface area contributed by atoms with Crippen LogP contribution in [0, 0.1) is 0 Å². The molecule has 1 amide bonds. The SMILES string of the molecule is O=C(CON=C(c1ccccc1)C(O)c1ccccc1)N1CCCc2ccccc21. The quantitative estimate of drug-likeness (QED) is 0.500. The van der Waals surface area contributed by atoms with E-state index in [9.17, 15) is 9.90 Å². The number of aliphatic hydroxyl groups is 1. The first-order valence-electron chi connectivity index (χ1n) is 10.1. The van der Waals surface area contributed by atoms with Gasteiger partial charge in [-0.05, 0) is 30.0 Å². The van der Waals surface area contributed by atoms with Crippen molar-refractivity contribution in [1.29, 1.82) is 0 Å². The fraction of sp³-hybridized carbons (Fsp3) is 0.200. The highest BCUT2D eigenvalue weighted by Gasteiger charge is 2.23. The lowest BCUT2D eigenvalue weighted by atomic mass is 9.99. The molecule has 0 radical (unpaired) electrons. The third-order valence-electron chi connectivity index (χ3n) is 5.21. The van der Waals surface area contributed by atoms with Gasteiger partial charge in [0.05, 0.1) is 0 Å². The first kappa shape index (κ1) is 19.9. The van der Waals surface area contributed by atoms with Gasteiger partial charge in [-0.3, -0.25) is 4.79 Å². The maximum atomic E-state index is 12.8. The van der Waals surface area contributed by atoms with Crippen LogP contribution in [-0.4, -0.2) is 29.9 Å². The Kier molecular flexibility index (Phi) is 6.20. The molecular formula is C25H24N2O3. The number of oxime groups is 1. The molecule has 3 aromatic rings. The van der Waals surface area contributed by atoms with E-state index in [0.29, 0.717) is 17.8 Å². The van der Waals surface area contributed by atoms with Crippen molar-refractivity contribution in [2.45, 2.75) is 18.9 Å². The Morgan fingerprint density at radius 3 is 2.40 bits per heavy atom. The molecule has 1 aliphatic heterocycles. The molecule has 5 heteroatoms. The van der Waals surface area contributed by atoms with Crippen LogP contribution in [0.2, 0.25) is 0 Å². The van der Waals surface area contributed by atoms with Crippen LogP contribution < -0.4 is 4.90 Å². The summed E-state index contributed by atoms with van der Waals surface area (Å²) >= 11 is 0. The van der Waals surface area contributed by atoms with Crippen molar-refractivity contribution in [3.63, 3.8) is 0 Å². The van der Waals surface area contributed by atoms with Gasteiger partial charge >= 0.3 is 0 Å². The number of carbonyl (C=O) groups excluding carboxylic acids is 1. The van der Waals surface area contributed by atoms with Crippen molar-refractivity contribution in [3.8, 4) is 0 Å². The van der Waals surface area contributed by atoms with Gasteiger partial charge in [0.15, 0.2) is 6.61 Å². The Labute approximate surface area is 176 Å². The zero-order chi connectivity index (χ0) is 20.8. The third kappa shape index (κ3) is 4.42. The molecule has 0 fully saturated rings. The molecule has 0 spiro atoms. The lowest BCUT2D eigenvalue weighted by molar-refractivity contribution is -0.123. The van der Waals surface area contributed by atoms with E-state index < -0.39 is 6.10 Å². The summed E-state index contributed by atoms with van der Waals surface area (Å²) < 4.78 is 0. The average Bonchev–Trinajstić information content (AvgIpc) is 2.82. The summed E-state index contributed by atoms with van der Waals surface area (Å²) in [4.78, 5) is 20.0. The van der Waals surface area contributed by atoms with E-state index in [1.807, 2.05) is 78.9 Å². The average molecular weight is 400 g/mol. The highest BCUT2D eigenvalue weighted by atomic mass is 16.6. The van der Waals surface area contributed by atoms with E-state index in [2.05, 4.69) is 11.2 Å². The first-order valence-corrected chi connectivity index (χ1v) is 10.1. The number of benzene rings is 3. The summed E-state index contributed by atoms with van der Waals surface area (Å²) in [5.74, 6) is -0.146. The minimum Gasteiger partial charge on any atom is -0.385 e. The lowest BCUT2D eigenvalue weighted by Crippen LogP contribution is -2.37. The van der Waals surface area contributed by atoms with E-state index in [1.165, 1.54) is 5.56 Å². The number of nitrogens with zero attached hydrogens (tertiary/aromatic N) is 2. The van der Waals surface area contributed by atoms with Gasteiger partial charge in [-0.2, -0.15) is 0 Å². The number of para-hydroxylation sites is 1. The molecule has 30 heavy (non-hydrogen) atoms. The molecule has 5 nitrogen and oxygen atoms in total. The normalized spacial score (nSPS) is 14.7. The monoisotopic (exact) mass is 400 g/mol. The molecule has 3 aromatic carbocycles. The number of hydrogen-bond acceptors (Lipinski definition) is 4. The maximum absolute atomic E-state index is 12.8. The molecule has 1 unspecified atom stereocenters. The Bertz CT molecular complexity index is 1020. The van der Waals surface area contributed by atoms with Crippen molar-refractivity contribution in [1.82, 2.24) is 0 Å². The summed E-state index contributed by atoms with van der Waals surface area (Å²) in [6, 6.07) is 26.6. The molecule has 0 aliphatic carbocycles. The summed E-state index contributed by atoms with van der Waals surface area (Å²) in [5, 5.41) is 15.1. The highest BCUT2D eigenvalue weighted by Crippen LogP contribution is 2.26. The maximum Gasteiger partial charge on any atom is 0.267 e. The molecule has 0 saturated carbocycles. The van der Waals surface area contributed by atoms with Gasteiger partial charge in [0.1, 0.15) is 11.8 Å². The zero-order valence-electron chi connectivity index (χ0n) is 16.6. The summed E-state index contributed by atoms with van der Waals surface area (Å²) in [6.07, 6.45) is 0.938. The number of fused-ring (bicyclic) bond motifs is 1. The number of carbonyl (C=O) groups is 1. The minimum absolute atomic E-state index is 0.146. The predicted molar refractivity (Wildman–Crippen MR) is 117 cm³/mol. The molecule has 0 aromatic heterocycles. The smallest absolute Gasteiger partial charge is 0.267 e. The van der Waals surface area contributed by atoms with Crippen molar-refractivity contribution >= 4 is 17.3 Å². The molecule has 4 rings (SSSR count). The van der Waals surface area contributed by atoms with Crippen molar-refractivity contribution in [2.75, 3.05) is 18.1 Å². The van der Waals surface area contributed by atoms with Gasteiger partial charge in [0, 0.05) is 17.8 Å². The Balaban J connectivity index is 1.52. The molecule has 152 valence electrons. The van der Waals surface area contributed by atoms with Gasteiger partial charge in [-0.15, -0.1) is 0 Å². The van der Waals surface area contributed by atoms with Gasteiger partial charge in [0.25, 0.3) is 5.91 Å². The van der Waals surface area contributed by atoms with E-state index >= 15 is 0 Å². The molecule has 1 heterocycles. The van der Waals surface area contributed by atoms with Crippen molar-refractivity contribution in [3.05, 3.63) is 102 Å². The van der Waals surface area contributed by atoms with Crippen LogP contribution in [0.5, 0.6) is 0 Å². The second-order valence-corrected chi connectivity index (χ2v) is 7.21. The van der Waals surface area contributed by atoms with Crippen molar-refractivity contribution < 1.29 is 14.7 Å². The van der Waals surface area contributed by atoms with Crippen LogP contribution in [0.3, 0.4) is 0 Å². The Morgan fingerprint density at radius 1 is 0.967 bits per heavy atom. The fourth-order valence-electron chi connectivity index (χ4n) is 3.69. The molecule has 1 aliphatic rings. The third-order valence-corrected chi connectivity index (χ3v) is 5.21. The van der Waals surface area contributed by atoms with E-state index in [4.69, 9.17) is 4.84 Å². The van der Waals surface area contributed by atoms with Crippen LogP contribution in [0.4, 0.5) is 5.69 Å². The molecule has 0 saturated heterocycles.